The summed E-state index contributed by atoms with van der Waals surface area (Å²) < 4.78 is 1.08. The minimum atomic E-state index is -0.0884. The van der Waals surface area contributed by atoms with Crippen LogP contribution in [0.15, 0.2) is 59.1 Å². The Kier molecular flexibility index (Phi) is 4.04. The lowest BCUT2D eigenvalue weighted by atomic mass is 10.0. The first-order valence-corrected chi connectivity index (χ1v) is 7.79. The van der Waals surface area contributed by atoms with Crippen LogP contribution in [0.1, 0.15) is 22.9 Å². The van der Waals surface area contributed by atoms with Crippen molar-refractivity contribution in [2.24, 2.45) is 5.73 Å². The van der Waals surface area contributed by atoms with E-state index in [2.05, 4.69) is 47.1 Å². The number of halogens is 1. The number of nitrogens with two attached hydrogens (primary N) is 1. The van der Waals surface area contributed by atoms with Gasteiger partial charge in [-0.05, 0) is 48.7 Å². The topological polar surface area (TPSA) is 38.9 Å². The Hall–Kier alpha value is -1.71. The highest BCUT2D eigenvalue weighted by atomic mass is 79.9. The van der Waals surface area contributed by atoms with E-state index in [1.54, 1.807) is 0 Å². The van der Waals surface area contributed by atoms with Crippen molar-refractivity contribution in [2.45, 2.75) is 19.4 Å². The van der Waals surface area contributed by atoms with Crippen LogP contribution in [-0.4, -0.2) is 4.98 Å². The smallest absolute Gasteiger partial charge is 0.0708 e. The van der Waals surface area contributed by atoms with Crippen LogP contribution in [0.5, 0.6) is 0 Å². The highest BCUT2D eigenvalue weighted by Gasteiger charge is 2.11. The second kappa shape index (κ2) is 5.96. The molecule has 0 aliphatic rings. The number of rotatable bonds is 3. The summed E-state index contributed by atoms with van der Waals surface area (Å²) >= 11 is 3.45. The van der Waals surface area contributed by atoms with Gasteiger partial charge >= 0.3 is 0 Å². The van der Waals surface area contributed by atoms with Crippen molar-refractivity contribution in [2.75, 3.05) is 0 Å². The van der Waals surface area contributed by atoms with Crippen LogP contribution in [0.3, 0.4) is 0 Å². The van der Waals surface area contributed by atoms with E-state index < -0.39 is 0 Å². The lowest BCUT2D eigenvalue weighted by Gasteiger charge is -2.13. The summed E-state index contributed by atoms with van der Waals surface area (Å²) in [6, 6.07) is 18.5. The molecule has 106 valence electrons. The number of para-hydroxylation sites is 1. The van der Waals surface area contributed by atoms with Gasteiger partial charge in [0.15, 0.2) is 0 Å². The Balaban J connectivity index is 1.90. The van der Waals surface area contributed by atoms with Crippen LogP contribution in [0, 0.1) is 6.92 Å². The van der Waals surface area contributed by atoms with Gasteiger partial charge in [-0.25, -0.2) is 0 Å². The number of hydrogen-bond acceptors (Lipinski definition) is 2. The number of hydrogen-bond donors (Lipinski definition) is 1. The first-order chi connectivity index (χ1) is 10.1. The predicted molar refractivity (Wildman–Crippen MR) is 91.3 cm³/mol. The zero-order valence-electron chi connectivity index (χ0n) is 11.9. The number of aryl methyl sites for hydroxylation is 1. The molecule has 0 amide bonds. The maximum absolute atomic E-state index is 6.35. The lowest BCUT2D eigenvalue weighted by Crippen LogP contribution is -2.15. The van der Waals surface area contributed by atoms with Crippen molar-refractivity contribution in [1.29, 1.82) is 0 Å². The Morgan fingerprint density at radius 1 is 1.10 bits per heavy atom. The molecule has 1 aromatic heterocycles. The van der Waals surface area contributed by atoms with Gasteiger partial charge in [-0.1, -0.05) is 46.3 Å². The summed E-state index contributed by atoms with van der Waals surface area (Å²) in [6.07, 6.45) is 0.790. The molecule has 0 fully saturated rings. The molecule has 0 aliphatic carbocycles. The first-order valence-electron chi connectivity index (χ1n) is 7.00. The summed E-state index contributed by atoms with van der Waals surface area (Å²) in [5.74, 6) is 0. The Bertz CT molecular complexity index is 766. The van der Waals surface area contributed by atoms with Crippen LogP contribution in [0.4, 0.5) is 0 Å². The highest BCUT2D eigenvalue weighted by Crippen LogP contribution is 2.22. The van der Waals surface area contributed by atoms with Crippen LogP contribution in [0.2, 0.25) is 0 Å². The molecule has 0 bridgehead atoms. The molecule has 1 heterocycles. The standard InChI is InChI=1S/C18H17BrN2/c1-12-10-18(21-17-5-3-2-4-15(12)17)16(20)11-13-6-8-14(19)9-7-13/h2-10,16H,11,20H2,1H3. The van der Waals surface area contributed by atoms with Crippen LogP contribution < -0.4 is 5.73 Å². The van der Waals surface area contributed by atoms with Crippen LogP contribution >= 0.6 is 15.9 Å². The number of pyridine rings is 1. The van der Waals surface area contributed by atoms with E-state index >= 15 is 0 Å². The Morgan fingerprint density at radius 3 is 2.57 bits per heavy atom. The van der Waals surface area contributed by atoms with Crippen LogP contribution in [0.25, 0.3) is 10.9 Å². The van der Waals surface area contributed by atoms with Crippen molar-refractivity contribution >= 4 is 26.8 Å². The zero-order chi connectivity index (χ0) is 14.8. The van der Waals surface area contributed by atoms with Gasteiger partial charge in [-0.15, -0.1) is 0 Å². The van der Waals surface area contributed by atoms with Crippen molar-refractivity contribution < 1.29 is 0 Å². The quantitative estimate of drug-likeness (QED) is 0.759. The van der Waals surface area contributed by atoms with E-state index in [4.69, 9.17) is 10.7 Å². The molecule has 2 aromatic carbocycles. The normalized spacial score (nSPS) is 12.5. The highest BCUT2D eigenvalue weighted by molar-refractivity contribution is 9.10. The van der Waals surface area contributed by atoms with E-state index in [0.717, 1.165) is 22.1 Å². The zero-order valence-corrected chi connectivity index (χ0v) is 13.5. The first kappa shape index (κ1) is 14.2. The largest absolute Gasteiger partial charge is 0.322 e. The average molecular weight is 341 g/mol. The fraction of sp³-hybridized carbons (Fsp3) is 0.167. The van der Waals surface area contributed by atoms with Crippen molar-refractivity contribution in [3.8, 4) is 0 Å². The molecular formula is C18H17BrN2. The molecular weight excluding hydrogens is 324 g/mol. The number of nitrogens with zero attached hydrogens (tertiary/aromatic N) is 1. The Morgan fingerprint density at radius 2 is 1.81 bits per heavy atom. The summed E-state index contributed by atoms with van der Waals surface area (Å²) in [4.78, 5) is 4.72. The fourth-order valence-corrected chi connectivity index (χ4v) is 2.81. The monoisotopic (exact) mass is 340 g/mol. The number of benzene rings is 2. The lowest BCUT2D eigenvalue weighted by molar-refractivity contribution is 0.699. The van der Waals surface area contributed by atoms with Gasteiger partial charge in [0.2, 0.25) is 0 Å². The third-order valence-electron chi connectivity index (χ3n) is 3.69. The molecule has 0 saturated carbocycles. The molecule has 0 spiro atoms. The molecule has 2 N–H and O–H groups in total. The van der Waals surface area contributed by atoms with Crippen molar-refractivity contribution in [3.05, 3.63) is 75.9 Å². The number of aromatic nitrogens is 1. The van der Waals surface area contributed by atoms with Gasteiger partial charge in [-0.2, -0.15) is 0 Å². The van der Waals surface area contributed by atoms with Gasteiger partial charge in [-0.3, -0.25) is 4.98 Å². The van der Waals surface area contributed by atoms with E-state index in [9.17, 15) is 0 Å². The van der Waals surface area contributed by atoms with Gasteiger partial charge in [0, 0.05) is 9.86 Å². The van der Waals surface area contributed by atoms with Crippen LogP contribution in [-0.2, 0) is 6.42 Å². The summed E-state index contributed by atoms with van der Waals surface area (Å²) in [6.45, 7) is 2.11. The molecule has 1 atom stereocenters. The Labute approximate surface area is 133 Å². The summed E-state index contributed by atoms with van der Waals surface area (Å²) in [7, 11) is 0. The maximum Gasteiger partial charge on any atom is 0.0708 e. The third kappa shape index (κ3) is 3.14. The van der Waals surface area contributed by atoms with Crippen molar-refractivity contribution in [1.82, 2.24) is 4.98 Å². The van der Waals surface area contributed by atoms with Gasteiger partial charge in [0.05, 0.1) is 17.3 Å². The van der Waals surface area contributed by atoms with E-state index in [1.165, 1.54) is 16.5 Å². The minimum absolute atomic E-state index is 0.0884. The molecule has 0 aliphatic heterocycles. The van der Waals surface area contributed by atoms with Crippen molar-refractivity contribution in [3.63, 3.8) is 0 Å². The number of fused-ring (bicyclic) bond motifs is 1. The predicted octanol–water partition coefficient (Wildman–Crippen LogP) is 4.55. The molecule has 1 unspecified atom stereocenters. The van der Waals surface area contributed by atoms with Gasteiger partial charge < -0.3 is 5.73 Å². The molecule has 3 rings (SSSR count). The molecule has 0 saturated heterocycles. The summed E-state index contributed by atoms with van der Waals surface area (Å²) in [5, 5.41) is 1.19. The second-order valence-electron chi connectivity index (χ2n) is 5.32. The van der Waals surface area contributed by atoms with Gasteiger partial charge in [0.25, 0.3) is 0 Å². The molecule has 3 heteroatoms. The molecule has 0 radical (unpaired) electrons. The third-order valence-corrected chi connectivity index (χ3v) is 4.22. The minimum Gasteiger partial charge on any atom is -0.322 e. The SMILES string of the molecule is Cc1cc(C(N)Cc2ccc(Br)cc2)nc2ccccc12. The van der Waals surface area contributed by atoms with E-state index in [1.807, 2.05) is 30.3 Å². The molecule has 21 heavy (non-hydrogen) atoms. The summed E-state index contributed by atoms with van der Waals surface area (Å²) in [5.41, 5.74) is 10.8. The van der Waals surface area contributed by atoms with E-state index in [0.29, 0.717) is 0 Å². The fourth-order valence-electron chi connectivity index (χ4n) is 2.54. The maximum atomic E-state index is 6.35. The molecule has 3 aromatic rings. The second-order valence-corrected chi connectivity index (χ2v) is 6.23. The van der Waals surface area contributed by atoms with E-state index in [-0.39, 0.29) is 6.04 Å². The average Bonchev–Trinajstić information content (AvgIpc) is 2.49. The molecule has 2 nitrogen and oxygen atoms in total. The van der Waals surface area contributed by atoms with Gasteiger partial charge in [0.1, 0.15) is 0 Å².